The molecule has 1 saturated heterocycles. The van der Waals surface area contributed by atoms with Crippen molar-refractivity contribution in [2.45, 2.75) is 45.4 Å². The predicted octanol–water partition coefficient (Wildman–Crippen LogP) is 2.69. The average Bonchev–Trinajstić information content (AvgIpc) is 2.84. The molecule has 2 rings (SSSR count). The molecule has 1 heterocycles. The molecule has 0 unspecified atom stereocenters. The molecule has 126 valence electrons. The van der Waals surface area contributed by atoms with E-state index >= 15 is 0 Å². The number of benzene rings is 1. The Bertz CT molecular complexity index is 566. The summed E-state index contributed by atoms with van der Waals surface area (Å²) in [4.78, 5) is 24.2. The Balaban J connectivity index is 1.81. The molecule has 23 heavy (non-hydrogen) atoms. The highest BCUT2D eigenvalue weighted by atomic mass is 16.6. The fourth-order valence-electron chi connectivity index (χ4n) is 2.55. The molecule has 0 bridgehead atoms. The lowest BCUT2D eigenvalue weighted by molar-refractivity contribution is -0.384. The fraction of sp³-hybridized carbons (Fsp3) is 0.562. The number of likely N-dealkylation sites (tertiary alicyclic amines) is 1. The van der Waals surface area contributed by atoms with Gasteiger partial charge < -0.3 is 10.1 Å². The number of alkyl carbamates (subject to hydrolysis) is 1. The van der Waals surface area contributed by atoms with E-state index in [2.05, 4.69) is 10.2 Å². The molecule has 0 spiro atoms. The summed E-state index contributed by atoms with van der Waals surface area (Å²) >= 11 is 0. The second-order valence-electron chi connectivity index (χ2n) is 6.79. The van der Waals surface area contributed by atoms with Crippen molar-refractivity contribution in [2.24, 2.45) is 0 Å². The molecule has 1 aromatic carbocycles. The van der Waals surface area contributed by atoms with E-state index in [0.717, 1.165) is 25.1 Å². The summed E-state index contributed by atoms with van der Waals surface area (Å²) in [6, 6.07) is 6.64. The van der Waals surface area contributed by atoms with Crippen LogP contribution in [0.5, 0.6) is 0 Å². The van der Waals surface area contributed by atoms with Crippen LogP contribution in [0.25, 0.3) is 0 Å². The number of hydrogen-bond acceptors (Lipinski definition) is 5. The summed E-state index contributed by atoms with van der Waals surface area (Å²) in [7, 11) is 0. The SMILES string of the molecule is CC(C)(C)OC(=O)N[C@H]1CCN(Cc2ccc([N+](=O)[O-])cc2)C1. The third-order valence-electron chi connectivity index (χ3n) is 3.55. The van der Waals surface area contributed by atoms with Gasteiger partial charge >= 0.3 is 6.09 Å². The van der Waals surface area contributed by atoms with Gasteiger partial charge in [-0.15, -0.1) is 0 Å². The molecule has 0 saturated carbocycles. The lowest BCUT2D eigenvalue weighted by Crippen LogP contribution is -2.40. The smallest absolute Gasteiger partial charge is 0.407 e. The molecule has 1 N–H and O–H groups in total. The van der Waals surface area contributed by atoms with Gasteiger partial charge in [0.25, 0.3) is 5.69 Å². The Morgan fingerprint density at radius 2 is 2.04 bits per heavy atom. The van der Waals surface area contributed by atoms with Gasteiger partial charge in [-0.2, -0.15) is 0 Å². The van der Waals surface area contributed by atoms with Gasteiger partial charge in [0.1, 0.15) is 5.60 Å². The topological polar surface area (TPSA) is 84.7 Å². The van der Waals surface area contributed by atoms with Crippen molar-refractivity contribution in [3.8, 4) is 0 Å². The van der Waals surface area contributed by atoms with Crippen LogP contribution in [0.4, 0.5) is 10.5 Å². The number of nitrogens with one attached hydrogen (secondary N) is 1. The summed E-state index contributed by atoms with van der Waals surface area (Å²) in [6.07, 6.45) is 0.478. The van der Waals surface area contributed by atoms with Crippen LogP contribution < -0.4 is 5.32 Å². The zero-order chi connectivity index (χ0) is 17.0. The quantitative estimate of drug-likeness (QED) is 0.681. The molecule has 1 aromatic rings. The largest absolute Gasteiger partial charge is 0.444 e. The number of rotatable bonds is 4. The summed E-state index contributed by atoms with van der Waals surface area (Å²) in [5.74, 6) is 0. The first kappa shape index (κ1) is 17.2. The van der Waals surface area contributed by atoms with Crippen molar-refractivity contribution < 1.29 is 14.5 Å². The van der Waals surface area contributed by atoms with Crippen molar-refractivity contribution in [1.29, 1.82) is 0 Å². The average molecular weight is 321 g/mol. The van der Waals surface area contributed by atoms with Crippen LogP contribution in [0, 0.1) is 10.1 Å². The Morgan fingerprint density at radius 1 is 1.39 bits per heavy atom. The van der Waals surface area contributed by atoms with Crippen LogP contribution in [0.1, 0.15) is 32.8 Å². The van der Waals surface area contributed by atoms with E-state index in [1.165, 1.54) is 12.1 Å². The zero-order valence-electron chi connectivity index (χ0n) is 13.7. The number of nitrogens with zero attached hydrogens (tertiary/aromatic N) is 2. The monoisotopic (exact) mass is 321 g/mol. The van der Waals surface area contributed by atoms with Gasteiger partial charge in [0.05, 0.1) is 4.92 Å². The summed E-state index contributed by atoms with van der Waals surface area (Å²) in [6.45, 7) is 7.84. The molecule has 7 heteroatoms. The van der Waals surface area contributed by atoms with E-state index in [1.54, 1.807) is 12.1 Å². The maximum Gasteiger partial charge on any atom is 0.407 e. The van der Waals surface area contributed by atoms with Crippen LogP contribution in [-0.2, 0) is 11.3 Å². The predicted molar refractivity (Wildman–Crippen MR) is 86.1 cm³/mol. The molecular formula is C16H23N3O4. The van der Waals surface area contributed by atoms with Crippen molar-refractivity contribution in [2.75, 3.05) is 13.1 Å². The first-order valence-electron chi connectivity index (χ1n) is 7.68. The molecule has 0 radical (unpaired) electrons. The van der Waals surface area contributed by atoms with Crippen molar-refractivity contribution in [1.82, 2.24) is 10.2 Å². The number of amides is 1. The highest BCUT2D eigenvalue weighted by Crippen LogP contribution is 2.17. The van der Waals surface area contributed by atoms with Crippen LogP contribution in [0.3, 0.4) is 0 Å². The lowest BCUT2D eigenvalue weighted by atomic mass is 10.2. The Morgan fingerprint density at radius 3 is 2.61 bits per heavy atom. The van der Waals surface area contributed by atoms with Crippen LogP contribution >= 0.6 is 0 Å². The third-order valence-corrected chi connectivity index (χ3v) is 3.55. The first-order valence-corrected chi connectivity index (χ1v) is 7.68. The number of ether oxygens (including phenoxy) is 1. The number of carbonyl (C=O) groups excluding carboxylic acids is 1. The molecule has 1 fully saturated rings. The fourth-order valence-corrected chi connectivity index (χ4v) is 2.55. The van der Waals surface area contributed by atoms with Crippen molar-refractivity contribution >= 4 is 11.8 Å². The second-order valence-corrected chi connectivity index (χ2v) is 6.79. The molecule has 7 nitrogen and oxygen atoms in total. The summed E-state index contributed by atoms with van der Waals surface area (Å²) in [5, 5.41) is 13.5. The van der Waals surface area contributed by atoms with E-state index in [9.17, 15) is 14.9 Å². The minimum atomic E-state index is -0.499. The first-order chi connectivity index (χ1) is 10.7. The summed E-state index contributed by atoms with van der Waals surface area (Å²) in [5.41, 5.74) is 0.620. The van der Waals surface area contributed by atoms with Gasteiger partial charge in [-0.1, -0.05) is 12.1 Å². The molecule has 1 aliphatic heterocycles. The molecule has 1 amide bonds. The van der Waals surface area contributed by atoms with E-state index < -0.39 is 10.5 Å². The number of non-ortho nitro benzene ring substituents is 1. The number of nitro groups is 1. The van der Waals surface area contributed by atoms with Crippen LogP contribution in [0.2, 0.25) is 0 Å². The van der Waals surface area contributed by atoms with Gasteiger partial charge in [-0.05, 0) is 32.8 Å². The normalized spacial score (nSPS) is 18.7. The third kappa shape index (κ3) is 5.52. The molecule has 1 atom stereocenters. The summed E-state index contributed by atoms with van der Waals surface area (Å²) < 4.78 is 5.26. The molecule has 0 aliphatic carbocycles. The van der Waals surface area contributed by atoms with Crippen molar-refractivity contribution in [3.63, 3.8) is 0 Å². The Labute approximate surface area is 135 Å². The van der Waals surface area contributed by atoms with Crippen LogP contribution in [0.15, 0.2) is 24.3 Å². The van der Waals surface area contributed by atoms with Gasteiger partial charge in [0.2, 0.25) is 0 Å². The van der Waals surface area contributed by atoms with Crippen LogP contribution in [-0.4, -0.2) is 40.6 Å². The Hall–Kier alpha value is -2.15. The van der Waals surface area contributed by atoms with E-state index in [-0.39, 0.29) is 17.8 Å². The van der Waals surface area contributed by atoms with Gasteiger partial charge in [-0.25, -0.2) is 4.79 Å². The van der Waals surface area contributed by atoms with Gasteiger partial charge in [0, 0.05) is 37.8 Å². The Kier molecular flexibility index (Phi) is 5.20. The maximum absolute atomic E-state index is 11.8. The zero-order valence-corrected chi connectivity index (χ0v) is 13.7. The standard InChI is InChI=1S/C16H23N3O4/c1-16(2,3)23-15(20)17-13-8-9-18(11-13)10-12-4-6-14(7-5-12)19(21)22/h4-7,13H,8-11H2,1-3H3,(H,17,20)/t13-/m0/s1. The maximum atomic E-state index is 11.8. The second kappa shape index (κ2) is 6.95. The molecular weight excluding hydrogens is 298 g/mol. The number of nitro benzene ring substituents is 1. The highest BCUT2D eigenvalue weighted by molar-refractivity contribution is 5.68. The molecule has 0 aromatic heterocycles. The number of hydrogen-bond donors (Lipinski definition) is 1. The van der Waals surface area contributed by atoms with Gasteiger partial charge in [0.15, 0.2) is 0 Å². The van der Waals surface area contributed by atoms with E-state index in [1.807, 2.05) is 20.8 Å². The van der Waals surface area contributed by atoms with Crippen molar-refractivity contribution in [3.05, 3.63) is 39.9 Å². The van der Waals surface area contributed by atoms with E-state index in [0.29, 0.717) is 6.54 Å². The highest BCUT2D eigenvalue weighted by Gasteiger charge is 2.26. The van der Waals surface area contributed by atoms with E-state index in [4.69, 9.17) is 4.74 Å². The van der Waals surface area contributed by atoms with Gasteiger partial charge in [-0.3, -0.25) is 15.0 Å². The molecule has 1 aliphatic rings. The minimum Gasteiger partial charge on any atom is -0.444 e. The number of carbonyl (C=O) groups is 1. The lowest BCUT2D eigenvalue weighted by Gasteiger charge is -2.22. The minimum absolute atomic E-state index is 0.0721.